The van der Waals surface area contributed by atoms with Crippen LogP contribution in [0, 0.1) is 12.7 Å². The van der Waals surface area contributed by atoms with Crippen LogP contribution in [0.15, 0.2) is 47.4 Å². The number of hydrogen-bond acceptors (Lipinski definition) is 2. The van der Waals surface area contributed by atoms with Crippen LogP contribution in [0.25, 0.3) is 0 Å². The van der Waals surface area contributed by atoms with Gasteiger partial charge in [0.1, 0.15) is 18.2 Å². The minimum atomic E-state index is -0.279. The minimum absolute atomic E-state index is 0.0584. The molecule has 1 aromatic carbocycles. The molecule has 18 heavy (non-hydrogen) atoms. The van der Waals surface area contributed by atoms with Gasteiger partial charge in [0.25, 0.3) is 5.56 Å². The number of ether oxygens (including phenoxy) is 1. The van der Waals surface area contributed by atoms with Crippen molar-refractivity contribution in [3.05, 3.63) is 64.3 Å². The van der Waals surface area contributed by atoms with Crippen molar-refractivity contribution in [1.82, 2.24) is 4.57 Å². The molecule has 0 N–H and O–H groups in total. The zero-order valence-corrected chi connectivity index (χ0v) is 10.1. The lowest BCUT2D eigenvalue weighted by Gasteiger charge is -2.10. The third-order valence-corrected chi connectivity index (χ3v) is 2.63. The Labute approximate surface area is 104 Å². The second kappa shape index (κ2) is 5.49. The van der Waals surface area contributed by atoms with Gasteiger partial charge >= 0.3 is 0 Å². The molecule has 94 valence electrons. The van der Waals surface area contributed by atoms with E-state index < -0.39 is 0 Å². The van der Waals surface area contributed by atoms with Crippen LogP contribution < -0.4 is 10.3 Å². The predicted molar refractivity (Wildman–Crippen MR) is 67.3 cm³/mol. The molecule has 0 fully saturated rings. The SMILES string of the molecule is Cc1cc(F)ccc1OCCn1ccccc1=O. The smallest absolute Gasteiger partial charge is 0.250 e. The van der Waals surface area contributed by atoms with Gasteiger partial charge in [-0.05, 0) is 36.8 Å². The van der Waals surface area contributed by atoms with E-state index >= 15 is 0 Å². The van der Waals surface area contributed by atoms with Gasteiger partial charge in [-0.3, -0.25) is 4.79 Å². The molecule has 0 spiro atoms. The highest BCUT2D eigenvalue weighted by Gasteiger charge is 2.01. The van der Waals surface area contributed by atoms with Crippen molar-refractivity contribution in [3.8, 4) is 5.75 Å². The molecule has 2 rings (SSSR count). The summed E-state index contributed by atoms with van der Waals surface area (Å²) in [5.74, 6) is 0.361. The Balaban J connectivity index is 1.97. The molecule has 0 radical (unpaired) electrons. The molecule has 0 atom stereocenters. The molecule has 0 aliphatic heterocycles. The van der Waals surface area contributed by atoms with Gasteiger partial charge in [-0.1, -0.05) is 6.07 Å². The van der Waals surface area contributed by atoms with Crippen LogP contribution in [0.3, 0.4) is 0 Å². The van der Waals surface area contributed by atoms with E-state index in [1.165, 1.54) is 18.2 Å². The Bertz CT molecular complexity index is 592. The summed E-state index contributed by atoms with van der Waals surface area (Å²) in [6.07, 6.45) is 1.71. The Morgan fingerprint density at radius 3 is 2.83 bits per heavy atom. The summed E-state index contributed by atoms with van der Waals surface area (Å²) in [6, 6.07) is 9.37. The normalized spacial score (nSPS) is 10.3. The predicted octanol–water partition coefficient (Wildman–Crippen LogP) is 2.37. The lowest BCUT2D eigenvalue weighted by Crippen LogP contribution is -2.21. The van der Waals surface area contributed by atoms with Crippen LogP contribution in [0.2, 0.25) is 0 Å². The van der Waals surface area contributed by atoms with Crippen LogP contribution in [0.4, 0.5) is 4.39 Å². The molecule has 0 unspecified atom stereocenters. The Morgan fingerprint density at radius 2 is 2.11 bits per heavy atom. The van der Waals surface area contributed by atoms with Gasteiger partial charge < -0.3 is 9.30 Å². The highest BCUT2D eigenvalue weighted by molar-refractivity contribution is 5.32. The number of nitrogens with zero attached hydrogens (tertiary/aromatic N) is 1. The molecule has 1 heterocycles. The summed E-state index contributed by atoms with van der Waals surface area (Å²) in [4.78, 5) is 11.4. The van der Waals surface area contributed by atoms with E-state index in [2.05, 4.69) is 0 Å². The van der Waals surface area contributed by atoms with Gasteiger partial charge in [0.2, 0.25) is 0 Å². The van der Waals surface area contributed by atoms with E-state index in [0.717, 1.165) is 5.56 Å². The van der Waals surface area contributed by atoms with E-state index in [1.54, 1.807) is 35.9 Å². The first-order chi connectivity index (χ1) is 8.66. The largest absolute Gasteiger partial charge is 0.491 e. The van der Waals surface area contributed by atoms with Gasteiger partial charge in [0.15, 0.2) is 0 Å². The van der Waals surface area contributed by atoms with Crippen molar-refractivity contribution in [3.63, 3.8) is 0 Å². The molecule has 0 amide bonds. The highest BCUT2D eigenvalue weighted by Crippen LogP contribution is 2.18. The van der Waals surface area contributed by atoms with Crippen LogP contribution in [0.1, 0.15) is 5.56 Å². The quantitative estimate of drug-likeness (QED) is 0.830. The van der Waals surface area contributed by atoms with E-state index in [4.69, 9.17) is 4.74 Å². The number of rotatable bonds is 4. The number of aromatic nitrogens is 1. The summed E-state index contributed by atoms with van der Waals surface area (Å²) in [7, 11) is 0. The average Bonchev–Trinajstić information content (AvgIpc) is 2.34. The lowest BCUT2D eigenvalue weighted by molar-refractivity contribution is 0.294. The van der Waals surface area contributed by atoms with Crippen LogP contribution in [0.5, 0.6) is 5.75 Å². The molecule has 0 bridgehead atoms. The van der Waals surface area contributed by atoms with Gasteiger partial charge in [0, 0.05) is 12.3 Å². The van der Waals surface area contributed by atoms with Crippen molar-refractivity contribution in [2.45, 2.75) is 13.5 Å². The summed E-state index contributed by atoms with van der Waals surface area (Å²) < 4.78 is 20.0. The molecule has 4 heteroatoms. The molecule has 1 aromatic heterocycles. The third-order valence-electron chi connectivity index (χ3n) is 2.63. The molecular formula is C14H14FNO2. The zero-order valence-electron chi connectivity index (χ0n) is 10.1. The molecule has 2 aromatic rings. The fourth-order valence-corrected chi connectivity index (χ4v) is 1.67. The number of halogens is 1. The van der Waals surface area contributed by atoms with Crippen LogP contribution in [-0.4, -0.2) is 11.2 Å². The zero-order chi connectivity index (χ0) is 13.0. The van der Waals surface area contributed by atoms with E-state index in [0.29, 0.717) is 18.9 Å². The van der Waals surface area contributed by atoms with E-state index in [-0.39, 0.29) is 11.4 Å². The van der Waals surface area contributed by atoms with Crippen molar-refractivity contribution in [1.29, 1.82) is 0 Å². The molecule has 0 saturated heterocycles. The summed E-state index contributed by atoms with van der Waals surface area (Å²) in [5, 5.41) is 0. The summed E-state index contributed by atoms with van der Waals surface area (Å²) >= 11 is 0. The van der Waals surface area contributed by atoms with Gasteiger partial charge in [-0.25, -0.2) is 4.39 Å². The monoisotopic (exact) mass is 247 g/mol. The van der Waals surface area contributed by atoms with Crippen molar-refractivity contribution >= 4 is 0 Å². The first-order valence-electron chi connectivity index (χ1n) is 5.71. The van der Waals surface area contributed by atoms with Crippen LogP contribution >= 0.6 is 0 Å². The first kappa shape index (κ1) is 12.4. The standard InChI is InChI=1S/C14H14FNO2/c1-11-10-12(15)5-6-13(11)18-9-8-16-7-3-2-4-14(16)17/h2-7,10H,8-9H2,1H3. The number of pyridine rings is 1. The molecule has 0 saturated carbocycles. The maximum atomic E-state index is 12.9. The van der Waals surface area contributed by atoms with E-state index in [1.807, 2.05) is 0 Å². The molecule has 3 nitrogen and oxygen atoms in total. The third kappa shape index (κ3) is 2.97. The van der Waals surface area contributed by atoms with Crippen molar-refractivity contribution in [2.24, 2.45) is 0 Å². The summed E-state index contributed by atoms with van der Waals surface area (Å²) in [5.41, 5.74) is 0.687. The molecule has 0 aliphatic rings. The van der Waals surface area contributed by atoms with Gasteiger partial charge in [-0.15, -0.1) is 0 Å². The number of hydrogen-bond donors (Lipinski definition) is 0. The number of aryl methyl sites for hydroxylation is 1. The molecule has 0 aliphatic carbocycles. The van der Waals surface area contributed by atoms with Crippen molar-refractivity contribution < 1.29 is 9.13 Å². The van der Waals surface area contributed by atoms with Gasteiger partial charge in [0.05, 0.1) is 6.54 Å². The van der Waals surface area contributed by atoms with E-state index in [9.17, 15) is 9.18 Å². The fourth-order valence-electron chi connectivity index (χ4n) is 1.67. The average molecular weight is 247 g/mol. The van der Waals surface area contributed by atoms with Crippen LogP contribution in [-0.2, 0) is 6.54 Å². The first-order valence-corrected chi connectivity index (χ1v) is 5.71. The maximum Gasteiger partial charge on any atom is 0.250 e. The maximum absolute atomic E-state index is 12.9. The van der Waals surface area contributed by atoms with Gasteiger partial charge in [-0.2, -0.15) is 0 Å². The summed E-state index contributed by atoms with van der Waals surface area (Å²) in [6.45, 7) is 2.62. The molecular weight excluding hydrogens is 233 g/mol. The fraction of sp³-hybridized carbons (Fsp3) is 0.214. The second-order valence-corrected chi connectivity index (χ2v) is 3.99. The Hall–Kier alpha value is -2.10. The Kier molecular flexibility index (Phi) is 3.77. The van der Waals surface area contributed by atoms with Crippen molar-refractivity contribution in [2.75, 3.05) is 6.61 Å². The second-order valence-electron chi connectivity index (χ2n) is 3.99. The minimum Gasteiger partial charge on any atom is -0.491 e. The highest BCUT2D eigenvalue weighted by atomic mass is 19.1. The lowest BCUT2D eigenvalue weighted by atomic mass is 10.2. The topological polar surface area (TPSA) is 31.2 Å². The Morgan fingerprint density at radius 1 is 1.28 bits per heavy atom. The number of benzene rings is 1.